The number of hydrogen-bond acceptors (Lipinski definition) is 5. The lowest BCUT2D eigenvalue weighted by Crippen LogP contribution is -2.27. The van der Waals surface area contributed by atoms with Crippen LogP contribution in [0.3, 0.4) is 0 Å². The molecule has 148 valence electrons. The monoisotopic (exact) mass is 393 g/mol. The van der Waals surface area contributed by atoms with Crippen molar-refractivity contribution in [3.8, 4) is 5.75 Å². The number of nitrogens with one attached hydrogen (secondary N) is 2. The molecule has 1 unspecified atom stereocenters. The van der Waals surface area contributed by atoms with Crippen molar-refractivity contribution in [3.05, 3.63) is 35.7 Å². The second-order valence-electron chi connectivity index (χ2n) is 6.88. The van der Waals surface area contributed by atoms with Gasteiger partial charge in [-0.25, -0.2) is 4.68 Å². The van der Waals surface area contributed by atoms with Crippen LogP contribution in [0.5, 0.6) is 5.75 Å². The summed E-state index contributed by atoms with van der Waals surface area (Å²) in [5.74, 6) is 2.31. The van der Waals surface area contributed by atoms with E-state index in [-0.39, 0.29) is 24.2 Å². The van der Waals surface area contributed by atoms with E-state index < -0.39 is 0 Å². The van der Waals surface area contributed by atoms with Crippen LogP contribution in [0.4, 0.5) is 5.95 Å². The van der Waals surface area contributed by atoms with Gasteiger partial charge in [-0.2, -0.15) is 10.1 Å². The van der Waals surface area contributed by atoms with Crippen LogP contribution in [0.15, 0.2) is 24.3 Å². The van der Waals surface area contributed by atoms with Crippen molar-refractivity contribution in [2.75, 3.05) is 25.5 Å². The molecule has 0 saturated carbocycles. The number of amides is 1. The van der Waals surface area contributed by atoms with E-state index in [1.807, 2.05) is 38.2 Å². The van der Waals surface area contributed by atoms with Crippen LogP contribution < -0.4 is 15.4 Å². The first-order valence-electron chi connectivity index (χ1n) is 9.12. The van der Waals surface area contributed by atoms with E-state index in [0.717, 1.165) is 43.1 Å². The summed E-state index contributed by atoms with van der Waals surface area (Å²) >= 11 is 0. The number of piperidine rings is 1. The highest BCUT2D eigenvalue weighted by atomic mass is 35.5. The van der Waals surface area contributed by atoms with E-state index in [1.165, 1.54) is 0 Å². The molecule has 1 atom stereocenters. The summed E-state index contributed by atoms with van der Waals surface area (Å²) in [7, 11) is 3.46. The molecule has 0 bridgehead atoms. The fraction of sp³-hybridized carbons (Fsp3) is 0.526. The second-order valence-corrected chi connectivity index (χ2v) is 6.88. The molecule has 2 aromatic rings. The van der Waals surface area contributed by atoms with Crippen molar-refractivity contribution >= 4 is 24.3 Å². The summed E-state index contributed by atoms with van der Waals surface area (Å²) in [6.45, 7) is 3.90. The third-order valence-electron chi connectivity index (χ3n) is 4.87. The molecule has 27 heavy (non-hydrogen) atoms. The average Bonchev–Trinajstić information content (AvgIpc) is 3.03. The maximum atomic E-state index is 12.6. The predicted molar refractivity (Wildman–Crippen MR) is 108 cm³/mol. The Morgan fingerprint density at radius 3 is 2.63 bits per heavy atom. The standard InChI is InChI=1S/C19H27N5O2.ClH/c1-13(12-14-4-6-16(26-3)7-5-14)18(25)22-19-21-17(23-24(19)2)15-8-10-20-11-9-15;/h4-7,13,15,20H,8-12H2,1-3H3,(H,21,22,23,25);1H. The van der Waals surface area contributed by atoms with E-state index in [9.17, 15) is 4.79 Å². The van der Waals surface area contributed by atoms with Crippen LogP contribution in [0.25, 0.3) is 0 Å². The fourth-order valence-electron chi connectivity index (χ4n) is 3.21. The van der Waals surface area contributed by atoms with Gasteiger partial charge < -0.3 is 10.1 Å². The minimum atomic E-state index is -0.164. The Balaban J connectivity index is 0.00000261. The number of halogens is 1. The van der Waals surface area contributed by atoms with Crippen molar-refractivity contribution < 1.29 is 9.53 Å². The summed E-state index contributed by atoms with van der Waals surface area (Å²) in [5.41, 5.74) is 1.10. The number of nitrogens with zero attached hydrogens (tertiary/aromatic N) is 3. The molecule has 3 rings (SSSR count). The number of methoxy groups -OCH3 is 1. The molecule has 1 aromatic heterocycles. The zero-order valence-corrected chi connectivity index (χ0v) is 16.9. The molecule has 1 saturated heterocycles. The van der Waals surface area contributed by atoms with Crippen LogP contribution in [0.1, 0.15) is 37.1 Å². The lowest BCUT2D eigenvalue weighted by molar-refractivity contribution is -0.119. The first kappa shape index (κ1) is 21.2. The van der Waals surface area contributed by atoms with Gasteiger partial charge in [-0.3, -0.25) is 10.1 Å². The van der Waals surface area contributed by atoms with Crippen LogP contribution in [-0.2, 0) is 18.3 Å². The molecule has 0 spiro atoms. The number of carbonyl (C=O) groups excluding carboxylic acids is 1. The average molecular weight is 394 g/mol. The van der Waals surface area contributed by atoms with Crippen LogP contribution in [0.2, 0.25) is 0 Å². The van der Waals surface area contributed by atoms with Crippen LogP contribution in [-0.4, -0.2) is 40.9 Å². The smallest absolute Gasteiger partial charge is 0.229 e. The Labute approximate surface area is 166 Å². The number of anilines is 1. The summed E-state index contributed by atoms with van der Waals surface area (Å²) in [4.78, 5) is 17.1. The maximum Gasteiger partial charge on any atom is 0.229 e. The number of ether oxygens (including phenoxy) is 1. The Morgan fingerprint density at radius 1 is 1.33 bits per heavy atom. The molecule has 2 N–H and O–H groups in total. The molecule has 1 aromatic carbocycles. The molecule has 1 amide bonds. The number of aromatic nitrogens is 3. The largest absolute Gasteiger partial charge is 0.497 e. The first-order valence-corrected chi connectivity index (χ1v) is 9.12. The zero-order chi connectivity index (χ0) is 18.5. The molecule has 1 aliphatic rings. The number of aryl methyl sites for hydroxylation is 1. The van der Waals surface area contributed by atoms with Crippen molar-refractivity contribution in [1.82, 2.24) is 20.1 Å². The quantitative estimate of drug-likeness (QED) is 0.788. The Morgan fingerprint density at radius 2 is 2.00 bits per heavy atom. The van der Waals surface area contributed by atoms with Crippen molar-refractivity contribution in [1.29, 1.82) is 0 Å². The van der Waals surface area contributed by atoms with E-state index in [0.29, 0.717) is 18.3 Å². The third kappa shape index (κ3) is 5.43. The highest BCUT2D eigenvalue weighted by Crippen LogP contribution is 2.23. The van der Waals surface area contributed by atoms with Gasteiger partial charge in [-0.1, -0.05) is 19.1 Å². The number of benzene rings is 1. The number of rotatable bonds is 6. The Bertz CT molecular complexity index is 741. The zero-order valence-electron chi connectivity index (χ0n) is 16.1. The Hall–Kier alpha value is -2.12. The van der Waals surface area contributed by atoms with Crippen molar-refractivity contribution in [3.63, 3.8) is 0 Å². The summed E-state index contributed by atoms with van der Waals surface area (Å²) in [5, 5.41) is 10.8. The lowest BCUT2D eigenvalue weighted by atomic mass is 9.98. The first-order chi connectivity index (χ1) is 12.6. The highest BCUT2D eigenvalue weighted by molar-refractivity contribution is 5.90. The lowest BCUT2D eigenvalue weighted by Gasteiger charge is -2.19. The van der Waals surface area contributed by atoms with Gasteiger partial charge in [0, 0.05) is 18.9 Å². The van der Waals surface area contributed by atoms with E-state index in [2.05, 4.69) is 20.7 Å². The molecule has 1 aliphatic heterocycles. The third-order valence-corrected chi connectivity index (χ3v) is 4.87. The van der Waals surface area contributed by atoms with Gasteiger partial charge in [0.25, 0.3) is 0 Å². The normalized spacial score (nSPS) is 15.7. The molecule has 0 aliphatic carbocycles. The molecule has 8 heteroatoms. The van der Waals surface area contributed by atoms with Crippen molar-refractivity contribution in [2.45, 2.75) is 32.1 Å². The molecule has 7 nitrogen and oxygen atoms in total. The van der Waals surface area contributed by atoms with Gasteiger partial charge in [0.1, 0.15) is 5.75 Å². The minimum Gasteiger partial charge on any atom is -0.497 e. The van der Waals surface area contributed by atoms with Gasteiger partial charge in [0.15, 0.2) is 5.82 Å². The van der Waals surface area contributed by atoms with Gasteiger partial charge in [-0.05, 0) is 50.0 Å². The van der Waals surface area contributed by atoms with Gasteiger partial charge in [0.2, 0.25) is 11.9 Å². The number of carbonyl (C=O) groups is 1. The van der Waals surface area contributed by atoms with E-state index in [4.69, 9.17) is 4.74 Å². The summed E-state index contributed by atoms with van der Waals surface area (Å²) in [6.07, 6.45) is 2.73. The van der Waals surface area contributed by atoms with Crippen LogP contribution in [0, 0.1) is 5.92 Å². The maximum absolute atomic E-state index is 12.6. The van der Waals surface area contributed by atoms with Gasteiger partial charge >= 0.3 is 0 Å². The molecular weight excluding hydrogens is 366 g/mol. The molecule has 1 fully saturated rings. The fourth-order valence-corrected chi connectivity index (χ4v) is 3.21. The van der Waals surface area contributed by atoms with Gasteiger partial charge in [0.05, 0.1) is 7.11 Å². The Kier molecular flexibility index (Phi) is 7.62. The number of hydrogen-bond donors (Lipinski definition) is 2. The molecule has 2 heterocycles. The summed E-state index contributed by atoms with van der Waals surface area (Å²) in [6, 6.07) is 7.79. The topological polar surface area (TPSA) is 81.1 Å². The highest BCUT2D eigenvalue weighted by Gasteiger charge is 2.22. The SMILES string of the molecule is COc1ccc(CC(C)C(=O)Nc2nc(C3CCNCC3)nn2C)cc1.Cl. The molecular formula is C19H28ClN5O2. The van der Waals surface area contributed by atoms with E-state index in [1.54, 1.807) is 11.8 Å². The van der Waals surface area contributed by atoms with Crippen molar-refractivity contribution in [2.24, 2.45) is 13.0 Å². The molecule has 0 radical (unpaired) electrons. The van der Waals surface area contributed by atoms with Crippen LogP contribution >= 0.6 is 12.4 Å². The van der Waals surface area contributed by atoms with E-state index >= 15 is 0 Å². The predicted octanol–water partition coefficient (Wildman–Crippen LogP) is 2.53. The second kappa shape index (κ2) is 9.71. The summed E-state index contributed by atoms with van der Waals surface area (Å²) < 4.78 is 6.83. The minimum absolute atomic E-state index is 0. The van der Waals surface area contributed by atoms with Gasteiger partial charge in [-0.15, -0.1) is 12.4 Å².